The van der Waals surface area contributed by atoms with Crippen LogP contribution in [0.25, 0.3) is 0 Å². The Balaban J connectivity index is 2.14. The summed E-state index contributed by atoms with van der Waals surface area (Å²) in [4.78, 5) is 4.26. The van der Waals surface area contributed by atoms with Crippen LogP contribution in [0.3, 0.4) is 0 Å². The first-order valence-electron chi connectivity index (χ1n) is 8.16. The summed E-state index contributed by atoms with van der Waals surface area (Å²) in [5, 5.41) is 6.03. The van der Waals surface area contributed by atoms with E-state index >= 15 is 0 Å². The Hall–Kier alpha value is -0.380. The van der Waals surface area contributed by atoms with Gasteiger partial charge in [-0.3, -0.25) is 4.90 Å². The maximum absolute atomic E-state index is 3.83. The van der Waals surface area contributed by atoms with Crippen molar-refractivity contribution in [3.8, 4) is 0 Å². The molecule has 0 radical (unpaired) electrons. The van der Waals surface area contributed by atoms with Crippen molar-refractivity contribution < 1.29 is 0 Å². The molecule has 1 fully saturated rings. The van der Waals surface area contributed by atoms with Gasteiger partial charge in [0, 0.05) is 36.1 Å². The topological polar surface area (TPSA) is 15.3 Å². The molecular weight excluding hydrogens is 264 g/mol. The lowest BCUT2D eigenvalue weighted by Gasteiger charge is -2.50. The van der Waals surface area contributed by atoms with Gasteiger partial charge in [0.2, 0.25) is 0 Å². The number of rotatable bonds is 6. The fraction of sp³-hybridized carbons (Fsp3) is 0.765. The summed E-state index contributed by atoms with van der Waals surface area (Å²) in [7, 11) is 0. The van der Waals surface area contributed by atoms with Gasteiger partial charge in [-0.1, -0.05) is 40.2 Å². The van der Waals surface area contributed by atoms with Gasteiger partial charge in [-0.2, -0.15) is 0 Å². The van der Waals surface area contributed by atoms with E-state index in [-0.39, 0.29) is 0 Å². The molecule has 0 aromatic carbocycles. The second-order valence-electron chi connectivity index (χ2n) is 6.26. The molecule has 1 N–H and O–H groups in total. The van der Waals surface area contributed by atoms with Crippen molar-refractivity contribution in [1.82, 2.24) is 10.2 Å². The number of hydrogen-bond donors (Lipinski definition) is 1. The number of nitrogens with zero attached hydrogens (tertiary/aromatic N) is 1. The van der Waals surface area contributed by atoms with Crippen LogP contribution in [-0.2, 0) is 6.54 Å². The van der Waals surface area contributed by atoms with Gasteiger partial charge in [0.05, 0.1) is 0 Å². The molecule has 1 aliphatic rings. The molecular formula is C17H30N2S. The van der Waals surface area contributed by atoms with Crippen LogP contribution >= 0.6 is 11.3 Å². The first kappa shape index (κ1) is 16.0. The minimum absolute atomic E-state index is 0.341. The summed E-state index contributed by atoms with van der Waals surface area (Å²) in [6.07, 6.45) is 3.72. The largest absolute Gasteiger partial charge is 0.311 e. The van der Waals surface area contributed by atoms with E-state index in [1.54, 1.807) is 0 Å². The van der Waals surface area contributed by atoms with E-state index in [0.717, 1.165) is 19.0 Å². The highest BCUT2D eigenvalue weighted by Crippen LogP contribution is 2.31. The summed E-state index contributed by atoms with van der Waals surface area (Å²) in [5.41, 5.74) is 0.341. The zero-order valence-electron chi connectivity index (χ0n) is 13.5. The van der Waals surface area contributed by atoms with Crippen LogP contribution in [0.5, 0.6) is 0 Å². The van der Waals surface area contributed by atoms with Gasteiger partial charge in [0.15, 0.2) is 0 Å². The Labute approximate surface area is 128 Å². The Morgan fingerprint density at radius 3 is 2.70 bits per heavy atom. The predicted octanol–water partition coefficient (Wildman–Crippen LogP) is 4.13. The van der Waals surface area contributed by atoms with Crippen molar-refractivity contribution in [2.24, 2.45) is 5.92 Å². The van der Waals surface area contributed by atoms with E-state index in [0.29, 0.717) is 11.6 Å². The molecule has 1 aromatic rings. The maximum Gasteiger partial charge on any atom is 0.0334 e. The van der Waals surface area contributed by atoms with Gasteiger partial charge >= 0.3 is 0 Å². The Morgan fingerprint density at radius 1 is 1.40 bits per heavy atom. The van der Waals surface area contributed by atoms with Crippen molar-refractivity contribution in [2.45, 2.75) is 65.1 Å². The number of nitrogens with one attached hydrogen (secondary N) is 1. The van der Waals surface area contributed by atoms with Gasteiger partial charge in [-0.25, -0.2) is 0 Å². The minimum atomic E-state index is 0.341. The Bertz CT molecular complexity index is 384. The molecule has 3 heteroatoms. The van der Waals surface area contributed by atoms with Crippen LogP contribution in [0.1, 0.15) is 51.8 Å². The van der Waals surface area contributed by atoms with Crippen LogP contribution in [0.4, 0.5) is 0 Å². The number of thiophene rings is 1. The molecule has 0 bridgehead atoms. The van der Waals surface area contributed by atoms with Crippen LogP contribution in [0.2, 0.25) is 0 Å². The first-order chi connectivity index (χ1) is 9.65. The average molecular weight is 295 g/mol. The second kappa shape index (κ2) is 7.06. The van der Waals surface area contributed by atoms with E-state index < -0.39 is 0 Å². The molecule has 2 atom stereocenters. The lowest BCUT2D eigenvalue weighted by Crippen LogP contribution is -2.65. The molecule has 0 amide bonds. The third-order valence-electron chi connectivity index (χ3n) is 5.36. The monoisotopic (exact) mass is 294 g/mol. The second-order valence-corrected chi connectivity index (χ2v) is 7.30. The summed E-state index contributed by atoms with van der Waals surface area (Å²) in [5.74, 6) is 0.757. The highest BCUT2D eigenvalue weighted by molar-refractivity contribution is 7.09. The molecule has 2 rings (SSSR count). The fourth-order valence-corrected chi connectivity index (χ4v) is 4.08. The van der Waals surface area contributed by atoms with Crippen molar-refractivity contribution in [1.29, 1.82) is 0 Å². The third kappa shape index (κ3) is 3.26. The van der Waals surface area contributed by atoms with Crippen LogP contribution in [0.15, 0.2) is 17.5 Å². The fourth-order valence-electron chi connectivity index (χ4n) is 3.36. The number of hydrogen-bond acceptors (Lipinski definition) is 3. The Kier molecular flexibility index (Phi) is 5.65. The van der Waals surface area contributed by atoms with Crippen molar-refractivity contribution in [2.75, 3.05) is 13.1 Å². The molecule has 1 aliphatic heterocycles. The zero-order chi connectivity index (χ0) is 14.6. The first-order valence-corrected chi connectivity index (χ1v) is 9.04. The number of piperazine rings is 1. The normalized spacial score (nSPS) is 24.7. The summed E-state index contributed by atoms with van der Waals surface area (Å²) in [6.45, 7) is 12.8. The van der Waals surface area contributed by atoms with Gasteiger partial charge in [0.1, 0.15) is 0 Å². The van der Waals surface area contributed by atoms with Gasteiger partial charge in [0.25, 0.3) is 0 Å². The lowest BCUT2D eigenvalue weighted by atomic mass is 9.84. The molecule has 2 nitrogen and oxygen atoms in total. The molecule has 2 heterocycles. The third-order valence-corrected chi connectivity index (χ3v) is 6.22. The highest BCUT2D eigenvalue weighted by atomic mass is 32.1. The molecule has 0 saturated carbocycles. The minimum Gasteiger partial charge on any atom is -0.311 e. The molecule has 0 aliphatic carbocycles. The van der Waals surface area contributed by atoms with Crippen molar-refractivity contribution in [3.63, 3.8) is 0 Å². The van der Waals surface area contributed by atoms with E-state index in [9.17, 15) is 0 Å². The lowest BCUT2D eigenvalue weighted by molar-refractivity contribution is 0.0144. The summed E-state index contributed by atoms with van der Waals surface area (Å²) >= 11 is 1.89. The van der Waals surface area contributed by atoms with Crippen LogP contribution in [-0.4, -0.2) is 29.6 Å². The van der Waals surface area contributed by atoms with E-state index in [2.05, 4.69) is 55.4 Å². The molecule has 2 unspecified atom stereocenters. The Morgan fingerprint density at radius 2 is 2.15 bits per heavy atom. The van der Waals surface area contributed by atoms with Gasteiger partial charge in [-0.15, -0.1) is 11.3 Å². The van der Waals surface area contributed by atoms with Crippen molar-refractivity contribution >= 4 is 11.3 Å². The smallest absolute Gasteiger partial charge is 0.0334 e. The quantitative estimate of drug-likeness (QED) is 0.849. The predicted molar refractivity (Wildman–Crippen MR) is 89.3 cm³/mol. The molecule has 1 aromatic heterocycles. The maximum atomic E-state index is 3.83. The molecule has 1 saturated heterocycles. The van der Waals surface area contributed by atoms with Crippen molar-refractivity contribution in [3.05, 3.63) is 22.4 Å². The van der Waals surface area contributed by atoms with Gasteiger partial charge in [-0.05, 0) is 30.2 Å². The van der Waals surface area contributed by atoms with Crippen LogP contribution < -0.4 is 5.32 Å². The average Bonchev–Trinajstić information content (AvgIpc) is 2.99. The van der Waals surface area contributed by atoms with E-state index in [1.807, 2.05) is 11.3 Å². The molecule has 20 heavy (non-hydrogen) atoms. The summed E-state index contributed by atoms with van der Waals surface area (Å²) < 4.78 is 0. The summed E-state index contributed by atoms with van der Waals surface area (Å²) in [6, 6.07) is 5.10. The zero-order valence-corrected chi connectivity index (χ0v) is 14.3. The van der Waals surface area contributed by atoms with Crippen LogP contribution in [0, 0.1) is 5.92 Å². The molecule has 0 spiro atoms. The standard InChI is InChI=1S/C17H30N2S/c1-5-14(4)16-12-19(11-15-9-8-10-20-15)17(6-2,7-3)13-18-16/h8-10,14,16,18H,5-7,11-13H2,1-4H3. The SMILES string of the molecule is CCC(C)C1CN(Cc2cccs2)C(CC)(CC)CN1. The van der Waals surface area contributed by atoms with E-state index in [4.69, 9.17) is 0 Å². The highest BCUT2D eigenvalue weighted by Gasteiger charge is 2.39. The van der Waals surface area contributed by atoms with E-state index in [1.165, 1.54) is 30.7 Å². The van der Waals surface area contributed by atoms with Gasteiger partial charge < -0.3 is 5.32 Å². The molecule has 114 valence electrons.